The van der Waals surface area contributed by atoms with Crippen molar-refractivity contribution in [3.8, 4) is 22.4 Å². The number of piperazine rings is 1. The van der Waals surface area contributed by atoms with E-state index in [2.05, 4.69) is 66.3 Å². The highest BCUT2D eigenvalue weighted by Crippen LogP contribution is 2.34. The first-order chi connectivity index (χ1) is 18.5. The highest BCUT2D eigenvalue weighted by Gasteiger charge is 2.21. The van der Waals surface area contributed by atoms with Crippen molar-refractivity contribution in [1.82, 2.24) is 30.2 Å². The molecular formula is C28H30BrN9. The Balaban J connectivity index is 1.24. The van der Waals surface area contributed by atoms with Gasteiger partial charge in [0.25, 0.3) is 0 Å². The fourth-order valence-corrected chi connectivity index (χ4v) is 5.51. The maximum atomic E-state index is 6.26. The molecule has 0 spiro atoms. The lowest BCUT2D eigenvalue weighted by atomic mass is 10.0. The summed E-state index contributed by atoms with van der Waals surface area (Å²) in [5.41, 5.74) is 11.8. The molecule has 5 heterocycles. The Morgan fingerprint density at radius 3 is 2.66 bits per heavy atom. The molecule has 3 N–H and O–H groups in total. The number of pyridine rings is 2. The van der Waals surface area contributed by atoms with E-state index in [0.717, 1.165) is 83.6 Å². The van der Waals surface area contributed by atoms with Gasteiger partial charge in [-0.05, 0) is 48.5 Å². The number of fused-ring (bicyclic) bond motifs is 1. The Bertz CT molecular complexity index is 1480. The number of halogens is 1. The van der Waals surface area contributed by atoms with Crippen LogP contribution >= 0.6 is 15.9 Å². The minimum atomic E-state index is 0.250. The lowest BCUT2D eigenvalue weighted by Crippen LogP contribution is -2.49. The average Bonchev–Trinajstić information content (AvgIpc) is 2.94. The van der Waals surface area contributed by atoms with Crippen molar-refractivity contribution in [2.75, 3.05) is 50.4 Å². The minimum Gasteiger partial charge on any atom is -0.383 e. The third-order valence-electron chi connectivity index (χ3n) is 7.29. The Morgan fingerprint density at radius 1 is 1.03 bits per heavy atom. The summed E-state index contributed by atoms with van der Waals surface area (Å²) in [6, 6.07) is 14.3. The topological polar surface area (TPSA) is 108 Å². The van der Waals surface area contributed by atoms with Crippen LogP contribution in [0.25, 0.3) is 33.4 Å². The predicted octanol–water partition coefficient (Wildman–Crippen LogP) is 4.00. The largest absolute Gasteiger partial charge is 0.383 e. The predicted molar refractivity (Wildman–Crippen MR) is 156 cm³/mol. The van der Waals surface area contributed by atoms with E-state index < -0.39 is 0 Å². The number of likely N-dealkylation sites (N-methyl/N-ethyl adjacent to an activating group) is 1. The summed E-state index contributed by atoms with van der Waals surface area (Å²) in [6.45, 7) is 4.85. The van der Waals surface area contributed by atoms with Gasteiger partial charge in [0.2, 0.25) is 0 Å². The van der Waals surface area contributed by atoms with Crippen molar-refractivity contribution in [3.63, 3.8) is 0 Å². The van der Waals surface area contributed by atoms with Crippen molar-refractivity contribution in [2.24, 2.45) is 4.99 Å². The third kappa shape index (κ3) is 5.11. The number of anilines is 2. The Labute approximate surface area is 230 Å². The summed E-state index contributed by atoms with van der Waals surface area (Å²) < 4.78 is 0.986. The van der Waals surface area contributed by atoms with Crippen molar-refractivity contribution in [3.05, 3.63) is 59.5 Å². The molecule has 4 aromatic rings. The molecule has 10 heteroatoms. The molecule has 2 fully saturated rings. The van der Waals surface area contributed by atoms with Crippen LogP contribution in [-0.4, -0.2) is 76.5 Å². The number of rotatable bonds is 4. The molecule has 0 amide bonds. The Morgan fingerprint density at radius 2 is 1.89 bits per heavy atom. The molecule has 0 radical (unpaired) electrons. The van der Waals surface area contributed by atoms with Crippen LogP contribution in [0.5, 0.6) is 0 Å². The van der Waals surface area contributed by atoms with Crippen LogP contribution in [0.3, 0.4) is 0 Å². The van der Waals surface area contributed by atoms with Gasteiger partial charge in [-0.1, -0.05) is 28.1 Å². The monoisotopic (exact) mass is 571 g/mol. The first kappa shape index (κ1) is 24.8. The maximum absolute atomic E-state index is 6.26. The fraction of sp³-hybridized carbons (Fsp3) is 0.321. The number of hydrogen-bond acceptors (Lipinski definition) is 9. The maximum Gasteiger partial charge on any atom is 0.165 e. The van der Waals surface area contributed by atoms with Crippen LogP contribution in [0.2, 0.25) is 0 Å². The molecule has 2 aliphatic rings. The molecule has 2 aliphatic heterocycles. The number of nitrogens with two attached hydrogens (primary N) is 1. The van der Waals surface area contributed by atoms with Crippen molar-refractivity contribution in [2.45, 2.75) is 19.0 Å². The number of hydrogen-bond donors (Lipinski definition) is 2. The molecule has 194 valence electrons. The zero-order valence-electron chi connectivity index (χ0n) is 21.3. The second-order valence-electron chi connectivity index (χ2n) is 9.78. The van der Waals surface area contributed by atoms with Crippen LogP contribution in [0, 0.1) is 0 Å². The van der Waals surface area contributed by atoms with Crippen molar-refractivity contribution >= 4 is 44.3 Å². The summed E-state index contributed by atoms with van der Waals surface area (Å²) in [5, 5.41) is 4.20. The van der Waals surface area contributed by atoms with Crippen LogP contribution < -0.4 is 16.0 Å². The number of nitrogens with one attached hydrogen (secondary N) is 1. The summed E-state index contributed by atoms with van der Waals surface area (Å²) in [7, 11) is 2.16. The number of nitrogens with zero attached hydrogens (tertiary/aromatic N) is 7. The lowest BCUT2D eigenvalue weighted by molar-refractivity contribution is 0.206. The molecule has 1 atom stereocenters. The van der Waals surface area contributed by atoms with Crippen LogP contribution in [-0.2, 0) is 0 Å². The van der Waals surface area contributed by atoms with Gasteiger partial charge in [-0.15, -0.1) is 0 Å². The molecule has 2 saturated heterocycles. The molecule has 0 aliphatic carbocycles. The normalized spacial score (nSPS) is 18.6. The van der Waals surface area contributed by atoms with Gasteiger partial charge < -0.3 is 16.0 Å². The molecule has 1 unspecified atom stereocenters. The molecular weight excluding hydrogens is 542 g/mol. The molecule has 38 heavy (non-hydrogen) atoms. The van der Waals surface area contributed by atoms with E-state index in [1.54, 1.807) is 0 Å². The second kappa shape index (κ2) is 10.7. The van der Waals surface area contributed by atoms with Gasteiger partial charge in [0.05, 0.1) is 11.1 Å². The minimum absolute atomic E-state index is 0.250. The highest BCUT2D eigenvalue weighted by molar-refractivity contribution is 9.10. The standard InChI is InChI=1S/C28H30BrN9/c1-37-12-9-31-16-25(37)35-21-7-10-38(11-8-21)24-6-5-19(15-32-24)23-14-22(18-3-2-4-20(29)13-18)26-27(30)33-17-34-28(26)36-23/h2-6,13-15,17,25,31H,7-12,16H2,1H3,(H2,30,33,34,36). The molecule has 9 nitrogen and oxygen atoms in total. The second-order valence-corrected chi connectivity index (χ2v) is 10.7. The van der Waals surface area contributed by atoms with Crippen LogP contribution in [0.4, 0.5) is 11.6 Å². The molecule has 0 bridgehead atoms. The SMILES string of the molecule is CN1CCNCC1N=C1CCN(c2ccc(-c3cc(-c4cccc(Br)c4)c4c(N)ncnc4n3)cn2)CC1. The number of aromatic nitrogens is 4. The first-order valence-corrected chi connectivity index (χ1v) is 13.7. The summed E-state index contributed by atoms with van der Waals surface area (Å²) >= 11 is 3.58. The van der Waals surface area contributed by atoms with Crippen LogP contribution in [0.1, 0.15) is 12.8 Å². The van der Waals surface area contributed by atoms with Gasteiger partial charge in [-0.2, -0.15) is 0 Å². The number of benzene rings is 1. The summed E-state index contributed by atoms with van der Waals surface area (Å²) in [5.74, 6) is 1.39. The zero-order valence-corrected chi connectivity index (χ0v) is 22.9. The van der Waals surface area contributed by atoms with E-state index in [9.17, 15) is 0 Å². The summed E-state index contributed by atoms with van der Waals surface area (Å²) in [4.78, 5) is 27.9. The van der Waals surface area contributed by atoms with E-state index in [0.29, 0.717) is 11.5 Å². The third-order valence-corrected chi connectivity index (χ3v) is 7.78. The lowest BCUT2D eigenvalue weighted by Gasteiger charge is -2.33. The van der Waals surface area contributed by atoms with Gasteiger partial charge in [0, 0.05) is 67.5 Å². The van der Waals surface area contributed by atoms with Gasteiger partial charge >= 0.3 is 0 Å². The van der Waals surface area contributed by atoms with Gasteiger partial charge in [-0.3, -0.25) is 9.89 Å². The molecule has 3 aromatic heterocycles. The van der Waals surface area contributed by atoms with Gasteiger partial charge in [0.1, 0.15) is 24.1 Å². The van der Waals surface area contributed by atoms with Crippen molar-refractivity contribution in [1.29, 1.82) is 0 Å². The van der Waals surface area contributed by atoms with Gasteiger partial charge in [0.15, 0.2) is 5.65 Å². The molecule has 6 rings (SSSR count). The molecule has 0 saturated carbocycles. The van der Waals surface area contributed by atoms with E-state index >= 15 is 0 Å². The number of nitrogen functional groups attached to an aromatic ring is 1. The van der Waals surface area contributed by atoms with Crippen LogP contribution in [0.15, 0.2) is 64.5 Å². The Hall–Kier alpha value is -3.47. The summed E-state index contributed by atoms with van der Waals surface area (Å²) in [6.07, 6.45) is 5.54. The number of aliphatic imine (C=N–C) groups is 1. The highest BCUT2D eigenvalue weighted by atomic mass is 79.9. The van der Waals surface area contributed by atoms with E-state index in [-0.39, 0.29) is 6.17 Å². The zero-order chi connectivity index (χ0) is 26.1. The van der Waals surface area contributed by atoms with Crippen molar-refractivity contribution < 1.29 is 0 Å². The van der Waals surface area contributed by atoms with E-state index in [1.807, 2.05) is 30.5 Å². The quantitative estimate of drug-likeness (QED) is 0.378. The smallest absolute Gasteiger partial charge is 0.165 e. The first-order valence-electron chi connectivity index (χ1n) is 12.9. The number of piperidine rings is 1. The average molecular weight is 573 g/mol. The van der Waals surface area contributed by atoms with Gasteiger partial charge in [-0.25, -0.2) is 19.9 Å². The fourth-order valence-electron chi connectivity index (χ4n) is 5.11. The van der Waals surface area contributed by atoms with E-state index in [4.69, 9.17) is 20.7 Å². The van der Waals surface area contributed by atoms with E-state index in [1.165, 1.54) is 12.0 Å². The molecule has 1 aromatic carbocycles. The Kier molecular flexibility index (Phi) is 7.01.